The van der Waals surface area contributed by atoms with E-state index >= 15 is 0 Å². The van der Waals surface area contributed by atoms with E-state index in [0.717, 1.165) is 6.42 Å². The fourth-order valence-corrected chi connectivity index (χ4v) is 2.00. The second kappa shape index (κ2) is 6.84. The van der Waals surface area contributed by atoms with Gasteiger partial charge in [-0.25, -0.2) is 13.6 Å². The van der Waals surface area contributed by atoms with Crippen LogP contribution >= 0.6 is 0 Å². The first-order chi connectivity index (χ1) is 9.38. The zero-order valence-electron chi connectivity index (χ0n) is 11.0. The first-order valence-corrected chi connectivity index (χ1v) is 7.46. The first-order valence-electron chi connectivity index (χ1n) is 5.91. The summed E-state index contributed by atoms with van der Waals surface area (Å²) < 4.78 is 22.5. The van der Waals surface area contributed by atoms with Crippen LogP contribution in [0.1, 0.15) is 18.9 Å². The van der Waals surface area contributed by atoms with Crippen molar-refractivity contribution in [2.24, 2.45) is 5.14 Å². The molecule has 1 aromatic rings. The highest BCUT2D eigenvalue weighted by Crippen LogP contribution is 2.13. The van der Waals surface area contributed by atoms with Gasteiger partial charge >= 0.3 is 0 Å². The summed E-state index contributed by atoms with van der Waals surface area (Å²) in [5.74, 6) is -0.490. The van der Waals surface area contributed by atoms with E-state index in [2.05, 4.69) is 5.32 Å². The number of hydrogen-bond donors (Lipinski definition) is 2. The van der Waals surface area contributed by atoms with Crippen LogP contribution in [0, 0.1) is 11.3 Å². The molecular formula is C13H15N3O3S. The van der Waals surface area contributed by atoms with E-state index in [1.165, 1.54) is 24.3 Å². The smallest absolute Gasteiger partial charge is 0.261 e. The van der Waals surface area contributed by atoms with Crippen molar-refractivity contribution in [1.82, 2.24) is 5.32 Å². The Morgan fingerprint density at radius 2 is 2.20 bits per heavy atom. The Balaban J connectivity index is 3.09. The van der Waals surface area contributed by atoms with Crippen molar-refractivity contribution in [2.45, 2.75) is 18.2 Å². The molecule has 3 N–H and O–H groups in total. The van der Waals surface area contributed by atoms with E-state index < -0.39 is 15.9 Å². The molecule has 0 aromatic heterocycles. The van der Waals surface area contributed by atoms with Gasteiger partial charge in [-0.3, -0.25) is 4.79 Å². The monoisotopic (exact) mass is 293 g/mol. The molecule has 0 saturated carbocycles. The van der Waals surface area contributed by atoms with E-state index in [1.54, 1.807) is 12.1 Å². The van der Waals surface area contributed by atoms with Crippen LogP contribution in [0.4, 0.5) is 0 Å². The van der Waals surface area contributed by atoms with Gasteiger partial charge in [0.15, 0.2) is 0 Å². The molecule has 7 heteroatoms. The third-order valence-electron chi connectivity index (χ3n) is 2.40. The fraction of sp³-hybridized carbons (Fsp3) is 0.231. The number of carbonyl (C=O) groups excluding carboxylic acids is 1. The van der Waals surface area contributed by atoms with Crippen molar-refractivity contribution in [1.29, 1.82) is 5.26 Å². The molecule has 0 saturated heterocycles. The lowest BCUT2D eigenvalue weighted by molar-refractivity contribution is -0.117. The third kappa shape index (κ3) is 4.50. The summed E-state index contributed by atoms with van der Waals surface area (Å²) >= 11 is 0. The predicted molar refractivity (Wildman–Crippen MR) is 74.7 cm³/mol. The lowest BCUT2D eigenvalue weighted by Gasteiger charge is -2.03. The van der Waals surface area contributed by atoms with Gasteiger partial charge in [-0.15, -0.1) is 0 Å². The minimum atomic E-state index is -3.81. The van der Waals surface area contributed by atoms with Crippen LogP contribution in [0.3, 0.4) is 0 Å². The van der Waals surface area contributed by atoms with Gasteiger partial charge in [-0.2, -0.15) is 5.26 Å². The molecule has 0 unspecified atom stereocenters. The molecule has 20 heavy (non-hydrogen) atoms. The van der Waals surface area contributed by atoms with E-state index in [-0.39, 0.29) is 10.5 Å². The van der Waals surface area contributed by atoms with Gasteiger partial charge in [0.1, 0.15) is 11.6 Å². The Morgan fingerprint density at radius 3 is 2.75 bits per heavy atom. The van der Waals surface area contributed by atoms with Crippen LogP contribution in [-0.2, 0) is 14.8 Å². The summed E-state index contributed by atoms with van der Waals surface area (Å²) in [6, 6.07) is 7.51. The number of nitrogens with one attached hydrogen (secondary N) is 1. The molecule has 0 heterocycles. The summed E-state index contributed by atoms with van der Waals surface area (Å²) in [5.41, 5.74) is 0.324. The zero-order chi connectivity index (χ0) is 15.2. The molecule has 0 spiro atoms. The van der Waals surface area contributed by atoms with Gasteiger partial charge < -0.3 is 5.32 Å². The maximum Gasteiger partial charge on any atom is 0.261 e. The number of sulfonamides is 1. The normalized spacial score (nSPS) is 11.8. The van der Waals surface area contributed by atoms with Crippen LogP contribution in [0.5, 0.6) is 0 Å². The summed E-state index contributed by atoms with van der Waals surface area (Å²) in [5, 5.41) is 16.6. The van der Waals surface area contributed by atoms with Crippen molar-refractivity contribution in [3.05, 3.63) is 35.4 Å². The molecule has 106 valence electrons. The predicted octanol–water partition coefficient (Wildman–Crippen LogP) is 0.767. The summed E-state index contributed by atoms with van der Waals surface area (Å²) in [6.45, 7) is 2.36. The van der Waals surface area contributed by atoms with Crippen molar-refractivity contribution in [2.75, 3.05) is 6.54 Å². The Morgan fingerprint density at radius 1 is 1.50 bits per heavy atom. The van der Waals surface area contributed by atoms with Crippen LogP contribution in [0.25, 0.3) is 6.08 Å². The number of nitrogens with zero attached hydrogens (tertiary/aromatic N) is 1. The Hall–Kier alpha value is -2.17. The van der Waals surface area contributed by atoms with E-state index in [9.17, 15) is 13.2 Å². The van der Waals surface area contributed by atoms with E-state index in [1.807, 2.05) is 6.92 Å². The zero-order valence-corrected chi connectivity index (χ0v) is 11.8. The highest BCUT2D eigenvalue weighted by Gasteiger charge is 2.10. The van der Waals surface area contributed by atoms with Crippen LogP contribution in [-0.4, -0.2) is 20.9 Å². The maximum atomic E-state index is 11.7. The molecule has 1 rings (SSSR count). The van der Waals surface area contributed by atoms with E-state index in [0.29, 0.717) is 12.1 Å². The van der Waals surface area contributed by atoms with Crippen molar-refractivity contribution in [3.8, 4) is 6.07 Å². The number of amides is 1. The second-order valence-corrected chi connectivity index (χ2v) is 5.60. The van der Waals surface area contributed by atoms with Crippen molar-refractivity contribution in [3.63, 3.8) is 0 Å². The molecule has 6 nitrogen and oxygen atoms in total. The largest absolute Gasteiger partial charge is 0.351 e. The Kier molecular flexibility index (Phi) is 5.43. The van der Waals surface area contributed by atoms with Gasteiger partial charge in [0.2, 0.25) is 10.0 Å². The molecule has 0 aliphatic carbocycles. The summed E-state index contributed by atoms with van der Waals surface area (Å²) in [7, 11) is -3.81. The molecular weight excluding hydrogens is 278 g/mol. The highest BCUT2D eigenvalue weighted by molar-refractivity contribution is 7.89. The maximum absolute atomic E-state index is 11.7. The molecule has 0 bridgehead atoms. The van der Waals surface area contributed by atoms with Gasteiger partial charge in [0.25, 0.3) is 5.91 Å². The van der Waals surface area contributed by atoms with Crippen LogP contribution in [0.15, 0.2) is 34.7 Å². The Labute approximate surface area is 118 Å². The molecule has 1 aromatic carbocycles. The van der Waals surface area contributed by atoms with Gasteiger partial charge in [-0.1, -0.05) is 19.1 Å². The van der Waals surface area contributed by atoms with Crippen LogP contribution in [0.2, 0.25) is 0 Å². The highest BCUT2D eigenvalue weighted by atomic mass is 32.2. The van der Waals surface area contributed by atoms with Gasteiger partial charge in [0, 0.05) is 6.54 Å². The number of carbonyl (C=O) groups is 1. The molecule has 1 amide bonds. The number of primary sulfonamides is 1. The minimum absolute atomic E-state index is 0.0718. The van der Waals surface area contributed by atoms with Crippen molar-refractivity contribution < 1.29 is 13.2 Å². The topological polar surface area (TPSA) is 113 Å². The lowest BCUT2D eigenvalue weighted by atomic mass is 10.1. The molecule has 0 radical (unpaired) electrons. The second-order valence-electron chi connectivity index (χ2n) is 4.04. The average Bonchev–Trinajstić information content (AvgIpc) is 2.41. The minimum Gasteiger partial charge on any atom is -0.351 e. The fourth-order valence-electron chi connectivity index (χ4n) is 1.43. The number of nitrogens with two attached hydrogens (primary N) is 1. The Bertz CT molecular complexity index is 672. The SMILES string of the molecule is CCCNC(=O)/C(C#N)=C/c1cccc(S(N)(=O)=O)c1. The van der Waals surface area contributed by atoms with Gasteiger partial charge in [-0.05, 0) is 30.2 Å². The number of nitriles is 1. The molecule has 0 fully saturated rings. The van der Waals surface area contributed by atoms with Gasteiger partial charge in [0.05, 0.1) is 4.90 Å². The number of benzene rings is 1. The van der Waals surface area contributed by atoms with E-state index in [4.69, 9.17) is 10.4 Å². The molecule has 0 atom stereocenters. The molecule has 0 aliphatic rings. The quantitative estimate of drug-likeness (QED) is 0.616. The van der Waals surface area contributed by atoms with Crippen molar-refractivity contribution >= 4 is 22.0 Å². The number of hydrogen-bond acceptors (Lipinski definition) is 4. The summed E-state index contributed by atoms with van der Waals surface area (Å²) in [6.07, 6.45) is 2.07. The average molecular weight is 293 g/mol. The standard InChI is InChI=1S/C13H15N3O3S/c1-2-6-16-13(17)11(9-14)7-10-4-3-5-12(8-10)20(15,18)19/h3-5,7-8H,2,6H2,1H3,(H,16,17)(H2,15,18,19)/b11-7+. The lowest BCUT2D eigenvalue weighted by Crippen LogP contribution is -2.25. The van der Waals surface area contributed by atoms with Crippen LogP contribution < -0.4 is 10.5 Å². The molecule has 0 aliphatic heterocycles. The summed E-state index contributed by atoms with van der Waals surface area (Å²) in [4.78, 5) is 11.6. The first kappa shape index (κ1) is 15.9. The number of rotatable bonds is 5. The third-order valence-corrected chi connectivity index (χ3v) is 3.31.